The number of pyridine rings is 1. The van der Waals surface area contributed by atoms with Gasteiger partial charge in [-0.05, 0) is 50.1 Å². The number of hydrogen-bond donors (Lipinski definition) is 1. The minimum Gasteiger partial charge on any atom is -0.302 e. The number of anilines is 1. The fraction of sp³-hybridized carbons (Fsp3) is 0.263. The molecule has 0 spiro atoms. The zero-order chi connectivity index (χ0) is 18.7. The Bertz CT molecular complexity index is 1020. The minimum atomic E-state index is -0.0869. The van der Waals surface area contributed by atoms with E-state index in [9.17, 15) is 10.1 Å². The van der Waals surface area contributed by atoms with Crippen molar-refractivity contribution >= 4 is 44.4 Å². The van der Waals surface area contributed by atoms with Gasteiger partial charge in [0.25, 0.3) is 0 Å². The number of aromatic nitrogens is 2. The SMILES string of the molecule is Cc1ccc2nc(NC(=O)CCSc3nc(C)cc(C)c3C#N)sc2c1. The lowest BCUT2D eigenvalue weighted by molar-refractivity contribution is -0.115. The maximum atomic E-state index is 12.2. The van der Waals surface area contributed by atoms with Gasteiger partial charge in [-0.1, -0.05) is 17.4 Å². The van der Waals surface area contributed by atoms with Crippen molar-refractivity contribution < 1.29 is 4.79 Å². The van der Waals surface area contributed by atoms with Crippen molar-refractivity contribution in [3.63, 3.8) is 0 Å². The molecule has 2 aromatic heterocycles. The molecule has 0 bridgehead atoms. The van der Waals surface area contributed by atoms with Gasteiger partial charge in [-0.15, -0.1) is 11.8 Å². The van der Waals surface area contributed by atoms with Gasteiger partial charge in [-0.3, -0.25) is 4.79 Å². The summed E-state index contributed by atoms with van der Waals surface area (Å²) < 4.78 is 1.06. The molecule has 0 atom stereocenters. The number of amides is 1. The Morgan fingerprint density at radius 3 is 2.85 bits per heavy atom. The number of benzene rings is 1. The van der Waals surface area contributed by atoms with Crippen molar-refractivity contribution in [2.45, 2.75) is 32.2 Å². The topological polar surface area (TPSA) is 78.7 Å². The van der Waals surface area contributed by atoms with E-state index in [-0.39, 0.29) is 5.91 Å². The predicted octanol–water partition coefficient (Wildman–Crippen LogP) is 4.61. The van der Waals surface area contributed by atoms with Crippen LogP contribution in [0.5, 0.6) is 0 Å². The second-order valence-corrected chi connectivity index (χ2v) is 8.12. The zero-order valence-electron chi connectivity index (χ0n) is 14.8. The average molecular weight is 383 g/mol. The summed E-state index contributed by atoms with van der Waals surface area (Å²) in [6, 6.07) is 10.1. The van der Waals surface area contributed by atoms with Crippen molar-refractivity contribution in [3.8, 4) is 6.07 Å². The summed E-state index contributed by atoms with van der Waals surface area (Å²) in [6.45, 7) is 5.84. The van der Waals surface area contributed by atoms with Crippen LogP contribution >= 0.6 is 23.1 Å². The smallest absolute Gasteiger partial charge is 0.226 e. The van der Waals surface area contributed by atoms with Gasteiger partial charge in [0, 0.05) is 17.9 Å². The van der Waals surface area contributed by atoms with Crippen molar-refractivity contribution in [2.24, 2.45) is 0 Å². The molecule has 26 heavy (non-hydrogen) atoms. The molecule has 0 fully saturated rings. The number of hydrogen-bond acceptors (Lipinski definition) is 6. The van der Waals surface area contributed by atoms with E-state index in [0.29, 0.717) is 27.9 Å². The second kappa shape index (κ2) is 7.85. The Kier molecular flexibility index (Phi) is 5.55. The average Bonchev–Trinajstić information content (AvgIpc) is 2.95. The Labute approximate surface area is 160 Å². The molecular formula is C19H18N4OS2. The van der Waals surface area contributed by atoms with Crippen molar-refractivity contribution in [1.82, 2.24) is 9.97 Å². The van der Waals surface area contributed by atoms with Gasteiger partial charge in [-0.2, -0.15) is 5.26 Å². The van der Waals surface area contributed by atoms with E-state index in [1.165, 1.54) is 28.7 Å². The highest BCUT2D eigenvalue weighted by Gasteiger charge is 2.12. The fourth-order valence-corrected chi connectivity index (χ4v) is 4.57. The Morgan fingerprint density at radius 2 is 2.08 bits per heavy atom. The van der Waals surface area contributed by atoms with Crippen LogP contribution < -0.4 is 5.32 Å². The van der Waals surface area contributed by atoms with Crippen LogP contribution in [-0.2, 0) is 4.79 Å². The maximum Gasteiger partial charge on any atom is 0.226 e. The number of aryl methyl sites for hydroxylation is 3. The van der Waals surface area contributed by atoms with Crippen LogP contribution in [0.15, 0.2) is 29.3 Å². The summed E-state index contributed by atoms with van der Waals surface area (Å²) in [5.74, 6) is 0.469. The molecule has 0 saturated carbocycles. The first-order valence-corrected chi connectivity index (χ1v) is 9.94. The molecule has 0 saturated heterocycles. The summed E-state index contributed by atoms with van der Waals surface area (Å²) >= 11 is 2.91. The molecule has 0 aliphatic carbocycles. The van der Waals surface area contributed by atoms with Gasteiger partial charge in [0.15, 0.2) is 5.13 Å². The number of thiazole rings is 1. The summed E-state index contributed by atoms with van der Waals surface area (Å²) in [7, 11) is 0. The Hall–Kier alpha value is -2.43. The molecule has 0 radical (unpaired) electrons. The number of carbonyl (C=O) groups is 1. The van der Waals surface area contributed by atoms with Crippen molar-refractivity contribution in [1.29, 1.82) is 5.26 Å². The number of fused-ring (bicyclic) bond motifs is 1. The summed E-state index contributed by atoms with van der Waals surface area (Å²) in [5.41, 5.74) is 4.44. The molecule has 5 nitrogen and oxygen atoms in total. The van der Waals surface area contributed by atoms with Crippen LogP contribution in [0, 0.1) is 32.1 Å². The lowest BCUT2D eigenvalue weighted by Crippen LogP contribution is -2.12. The van der Waals surface area contributed by atoms with E-state index in [4.69, 9.17) is 0 Å². The van der Waals surface area contributed by atoms with Crippen molar-refractivity contribution in [2.75, 3.05) is 11.1 Å². The number of nitriles is 1. The highest BCUT2D eigenvalue weighted by atomic mass is 32.2. The van der Waals surface area contributed by atoms with Gasteiger partial charge in [-0.25, -0.2) is 9.97 Å². The third-order valence-corrected chi connectivity index (χ3v) is 5.69. The minimum absolute atomic E-state index is 0.0869. The number of nitrogens with one attached hydrogen (secondary N) is 1. The first-order chi connectivity index (χ1) is 12.5. The van der Waals surface area contributed by atoms with E-state index < -0.39 is 0 Å². The normalized spacial score (nSPS) is 10.7. The van der Waals surface area contributed by atoms with Gasteiger partial charge < -0.3 is 5.32 Å². The quantitative estimate of drug-likeness (QED) is 0.652. The van der Waals surface area contributed by atoms with E-state index in [2.05, 4.69) is 27.4 Å². The first-order valence-electron chi connectivity index (χ1n) is 8.14. The molecular weight excluding hydrogens is 364 g/mol. The largest absolute Gasteiger partial charge is 0.302 e. The van der Waals surface area contributed by atoms with Crippen LogP contribution in [0.25, 0.3) is 10.2 Å². The molecule has 3 aromatic rings. The fourth-order valence-electron chi connectivity index (χ4n) is 2.55. The molecule has 7 heteroatoms. The molecule has 0 unspecified atom stereocenters. The zero-order valence-corrected chi connectivity index (χ0v) is 16.4. The maximum absolute atomic E-state index is 12.2. The van der Waals surface area contributed by atoms with E-state index in [1.54, 1.807) is 0 Å². The molecule has 0 aliphatic rings. The molecule has 2 heterocycles. The Balaban J connectivity index is 1.60. The van der Waals surface area contributed by atoms with Crippen LogP contribution in [0.1, 0.15) is 28.8 Å². The molecule has 132 valence electrons. The monoisotopic (exact) mass is 382 g/mol. The van der Waals surface area contributed by atoms with Gasteiger partial charge in [0.05, 0.1) is 15.8 Å². The highest BCUT2D eigenvalue weighted by molar-refractivity contribution is 7.99. The van der Waals surface area contributed by atoms with Crippen LogP contribution in [0.3, 0.4) is 0 Å². The van der Waals surface area contributed by atoms with Gasteiger partial charge in [0.1, 0.15) is 11.1 Å². The van der Waals surface area contributed by atoms with Gasteiger partial charge >= 0.3 is 0 Å². The molecule has 1 amide bonds. The molecule has 0 aliphatic heterocycles. The standard InChI is InChI=1S/C19H18N4OS2/c1-11-4-5-15-16(8-11)26-19(22-15)23-17(24)6-7-25-18-14(10-20)12(2)9-13(3)21-18/h4-5,8-9H,6-7H2,1-3H3,(H,22,23,24). The molecule has 3 rings (SSSR count). The number of rotatable bonds is 5. The number of nitrogens with zero attached hydrogens (tertiary/aromatic N) is 3. The van der Waals surface area contributed by atoms with Crippen LogP contribution in [0.2, 0.25) is 0 Å². The first kappa shape index (κ1) is 18.4. The third kappa shape index (κ3) is 4.21. The molecule has 1 aromatic carbocycles. The summed E-state index contributed by atoms with van der Waals surface area (Å²) in [6.07, 6.45) is 0.332. The summed E-state index contributed by atoms with van der Waals surface area (Å²) in [4.78, 5) is 21.0. The predicted molar refractivity (Wildman–Crippen MR) is 107 cm³/mol. The lowest BCUT2D eigenvalue weighted by Gasteiger charge is -2.07. The third-order valence-electron chi connectivity index (χ3n) is 3.78. The number of carbonyl (C=O) groups excluding carboxylic acids is 1. The second-order valence-electron chi connectivity index (χ2n) is 6.01. The van der Waals surface area contributed by atoms with E-state index in [0.717, 1.165) is 21.5 Å². The van der Waals surface area contributed by atoms with Crippen molar-refractivity contribution in [3.05, 3.63) is 46.6 Å². The number of thioether (sulfide) groups is 1. The Morgan fingerprint density at radius 1 is 1.27 bits per heavy atom. The van der Waals surface area contributed by atoms with Crippen LogP contribution in [-0.4, -0.2) is 21.6 Å². The van der Waals surface area contributed by atoms with E-state index >= 15 is 0 Å². The summed E-state index contributed by atoms with van der Waals surface area (Å²) in [5, 5.41) is 13.5. The highest BCUT2D eigenvalue weighted by Crippen LogP contribution is 2.27. The molecule has 1 N–H and O–H groups in total. The van der Waals surface area contributed by atoms with Gasteiger partial charge in [0.2, 0.25) is 5.91 Å². The van der Waals surface area contributed by atoms with Crippen LogP contribution in [0.4, 0.5) is 5.13 Å². The van der Waals surface area contributed by atoms with E-state index in [1.807, 2.05) is 39.0 Å². The lowest BCUT2D eigenvalue weighted by atomic mass is 10.1.